The van der Waals surface area contributed by atoms with Gasteiger partial charge < -0.3 is 28.8 Å². The van der Waals surface area contributed by atoms with Crippen molar-refractivity contribution < 1.29 is 28.8 Å². The zero-order valence-electron chi connectivity index (χ0n) is 29.9. The Labute approximate surface area is 263 Å². The van der Waals surface area contributed by atoms with Crippen LogP contribution in [0.3, 0.4) is 0 Å². The van der Waals surface area contributed by atoms with E-state index in [4.69, 9.17) is 19.8 Å². The van der Waals surface area contributed by atoms with Crippen LogP contribution in [-0.2, 0) is 9.59 Å². The Balaban J connectivity index is -0.000000607. The average Bonchev–Trinajstić information content (AvgIpc) is 2.89. The van der Waals surface area contributed by atoms with Crippen molar-refractivity contribution in [2.75, 3.05) is 55.4 Å². The van der Waals surface area contributed by atoms with Crippen LogP contribution in [0.25, 0.3) is 0 Å². The molecule has 0 aliphatic rings. The first-order chi connectivity index (χ1) is 19.8. The summed E-state index contributed by atoms with van der Waals surface area (Å²) in [7, 11) is 13.7. The fraction of sp³-hybridized carbons (Fsp3) is 0.944. The van der Waals surface area contributed by atoms with Gasteiger partial charge in [-0.3, -0.25) is 0 Å². The number of unbranched alkanes of at least 4 members (excludes halogenated alkanes) is 22. The van der Waals surface area contributed by atoms with E-state index in [0.29, 0.717) is 0 Å². The molecule has 0 atom stereocenters. The van der Waals surface area contributed by atoms with Crippen LogP contribution in [0.1, 0.15) is 168 Å². The highest BCUT2D eigenvalue weighted by molar-refractivity contribution is 6.25. The molecule has 0 aromatic carbocycles. The summed E-state index contributed by atoms with van der Waals surface area (Å²) in [4.78, 5) is 17.9. The van der Waals surface area contributed by atoms with Crippen molar-refractivity contribution in [3.05, 3.63) is 0 Å². The summed E-state index contributed by atoms with van der Waals surface area (Å²) in [5, 5.41) is 17.9. The van der Waals surface area contributed by atoms with E-state index in [0.717, 1.165) is 8.97 Å². The van der Waals surface area contributed by atoms with Crippen molar-refractivity contribution in [1.29, 1.82) is 0 Å². The Bertz CT molecular complexity index is 518. The molecule has 6 heteroatoms. The minimum atomic E-state index is -2.19. The number of hydrogen-bond donors (Lipinski definition) is 0. The van der Waals surface area contributed by atoms with Crippen LogP contribution in [-0.4, -0.2) is 76.3 Å². The van der Waals surface area contributed by atoms with Gasteiger partial charge in [-0.2, -0.15) is 0 Å². The van der Waals surface area contributed by atoms with Gasteiger partial charge in [0.1, 0.15) is 0 Å². The van der Waals surface area contributed by atoms with Gasteiger partial charge in [0.15, 0.2) is 0 Å². The highest BCUT2D eigenvalue weighted by Gasteiger charge is 2.05. The molecular formula is C36H76N2O4. The second-order valence-corrected chi connectivity index (χ2v) is 14.4. The quantitative estimate of drug-likeness (QED) is 0.0594. The summed E-state index contributed by atoms with van der Waals surface area (Å²) in [5.41, 5.74) is 0. The molecule has 0 spiro atoms. The maximum Gasteiger partial charge on any atom is 0.0870 e. The number of carboxylic acid groups (broad SMARTS) is 2. The maximum atomic E-state index is 8.93. The Morgan fingerprint density at radius 3 is 0.667 bits per heavy atom. The first-order valence-corrected chi connectivity index (χ1v) is 17.8. The summed E-state index contributed by atoms with van der Waals surface area (Å²) in [6.45, 7) is 7.24. The Kier molecular flexibility index (Phi) is 35.3. The van der Waals surface area contributed by atoms with E-state index in [1.165, 1.54) is 167 Å². The van der Waals surface area contributed by atoms with Gasteiger partial charge in [0.05, 0.1) is 67.3 Å². The Hall–Kier alpha value is -1.14. The van der Waals surface area contributed by atoms with Crippen LogP contribution in [0.2, 0.25) is 0 Å². The number of rotatable bonds is 26. The molecule has 0 fully saturated rings. The molecule has 42 heavy (non-hydrogen) atoms. The van der Waals surface area contributed by atoms with Crippen LogP contribution >= 0.6 is 0 Å². The summed E-state index contributed by atoms with van der Waals surface area (Å²) >= 11 is 0. The average molecular weight is 601 g/mol. The van der Waals surface area contributed by atoms with E-state index in [1.54, 1.807) is 0 Å². The minimum absolute atomic E-state index is 1.12. The summed E-state index contributed by atoms with van der Waals surface area (Å²) in [6.07, 6.45) is 34.8. The third-order valence-corrected chi connectivity index (χ3v) is 7.53. The lowest BCUT2D eigenvalue weighted by Gasteiger charge is -2.23. The molecular weight excluding hydrogens is 524 g/mol. The number of carboxylic acids is 2. The fourth-order valence-corrected chi connectivity index (χ4v) is 4.85. The number of aliphatic carboxylic acids is 2. The van der Waals surface area contributed by atoms with Crippen molar-refractivity contribution in [2.45, 2.75) is 168 Å². The second kappa shape index (κ2) is 32.8. The summed E-state index contributed by atoms with van der Waals surface area (Å²) in [5.74, 6) is -4.37. The first kappa shape index (κ1) is 45.3. The molecule has 0 aliphatic heterocycles. The third kappa shape index (κ3) is 51.6. The predicted octanol–water partition coefficient (Wildman–Crippen LogP) is 7.27. The molecule has 6 nitrogen and oxygen atoms in total. The van der Waals surface area contributed by atoms with Gasteiger partial charge in [-0.15, -0.1) is 0 Å². The van der Waals surface area contributed by atoms with E-state index < -0.39 is 11.9 Å². The van der Waals surface area contributed by atoms with Gasteiger partial charge in [0.25, 0.3) is 0 Å². The third-order valence-electron chi connectivity index (χ3n) is 7.53. The second-order valence-electron chi connectivity index (χ2n) is 14.4. The molecule has 0 saturated heterocycles. The predicted molar refractivity (Wildman–Crippen MR) is 178 cm³/mol. The van der Waals surface area contributed by atoms with Crippen molar-refractivity contribution in [1.82, 2.24) is 0 Å². The molecule has 0 amide bonds. The standard InChI is InChI=1S/2C17H38N.C2H2O4/c2*1-5-6-7-8-9-10-11-12-13-14-15-16-17-18(2,3)4;3-1(4)2(5)6/h2*5-17H2,1-4H3;(H,3,4)(H,5,6)/q2*+1;/p-2. The van der Waals surface area contributed by atoms with E-state index in [-0.39, 0.29) is 0 Å². The van der Waals surface area contributed by atoms with E-state index in [1.807, 2.05) is 0 Å². The Morgan fingerprint density at radius 1 is 0.357 bits per heavy atom. The van der Waals surface area contributed by atoms with Crippen molar-refractivity contribution in [3.63, 3.8) is 0 Å². The number of nitrogens with zero attached hydrogens (tertiary/aromatic N) is 2. The number of carbonyl (C=O) groups is 2. The van der Waals surface area contributed by atoms with Crippen molar-refractivity contribution >= 4 is 11.9 Å². The summed E-state index contributed by atoms with van der Waals surface area (Å²) in [6, 6.07) is 0. The van der Waals surface area contributed by atoms with Gasteiger partial charge in [-0.25, -0.2) is 0 Å². The minimum Gasteiger partial charge on any atom is -0.543 e. The largest absolute Gasteiger partial charge is 0.543 e. The molecule has 254 valence electrons. The van der Waals surface area contributed by atoms with Crippen LogP contribution in [0.15, 0.2) is 0 Å². The summed E-state index contributed by atoms with van der Waals surface area (Å²) < 4.78 is 2.25. The van der Waals surface area contributed by atoms with Crippen LogP contribution in [0, 0.1) is 0 Å². The fourth-order valence-electron chi connectivity index (χ4n) is 4.85. The smallest absolute Gasteiger partial charge is 0.0870 e. The first-order valence-electron chi connectivity index (χ1n) is 17.8. The van der Waals surface area contributed by atoms with Crippen LogP contribution in [0.5, 0.6) is 0 Å². The highest BCUT2D eigenvalue weighted by atomic mass is 16.4. The molecule has 0 aliphatic carbocycles. The monoisotopic (exact) mass is 601 g/mol. The number of carbonyl (C=O) groups excluding carboxylic acids is 2. The Morgan fingerprint density at radius 2 is 0.524 bits per heavy atom. The van der Waals surface area contributed by atoms with Gasteiger partial charge in [-0.05, 0) is 25.7 Å². The molecule has 0 heterocycles. The van der Waals surface area contributed by atoms with Crippen LogP contribution in [0.4, 0.5) is 0 Å². The van der Waals surface area contributed by atoms with Crippen LogP contribution < -0.4 is 10.2 Å². The van der Waals surface area contributed by atoms with E-state index in [9.17, 15) is 0 Å². The lowest BCUT2D eigenvalue weighted by molar-refractivity contribution is -0.870. The van der Waals surface area contributed by atoms with E-state index >= 15 is 0 Å². The normalized spacial score (nSPS) is 11.3. The van der Waals surface area contributed by atoms with Gasteiger partial charge in [0, 0.05) is 0 Å². The lowest BCUT2D eigenvalue weighted by Crippen LogP contribution is -2.42. The molecule has 0 N–H and O–H groups in total. The van der Waals surface area contributed by atoms with Gasteiger partial charge in [0.2, 0.25) is 0 Å². The molecule has 0 rings (SSSR count). The molecule has 0 unspecified atom stereocenters. The van der Waals surface area contributed by atoms with Crippen molar-refractivity contribution in [3.8, 4) is 0 Å². The molecule has 0 aromatic rings. The molecule has 0 bridgehead atoms. The zero-order chi connectivity index (χ0) is 32.5. The van der Waals surface area contributed by atoms with E-state index in [2.05, 4.69) is 56.1 Å². The van der Waals surface area contributed by atoms with Gasteiger partial charge in [-0.1, -0.05) is 142 Å². The molecule has 0 saturated carbocycles. The lowest BCUT2D eigenvalue weighted by atomic mass is 10.1. The molecule has 0 radical (unpaired) electrons. The highest BCUT2D eigenvalue weighted by Crippen LogP contribution is 2.13. The maximum absolute atomic E-state index is 8.93. The number of hydrogen-bond acceptors (Lipinski definition) is 4. The van der Waals surface area contributed by atoms with Gasteiger partial charge >= 0.3 is 0 Å². The SMILES string of the molecule is CCCCCCCCCCCCCC[N+](C)(C)C.CCCCCCCCCCCCCC[N+](C)(C)C.O=C([O-])C(=O)[O-]. The zero-order valence-corrected chi connectivity index (χ0v) is 29.9. The number of quaternary nitrogens is 2. The van der Waals surface area contributed by atoms with Crippen molar-refractivity contribution in [2.24, 2.45) is 0 Å². The molecule has 0 aromatic heterocycles. The topological polar surface area (TPSA) is 80.3 Å².